The molecule has 116 valence electrons. The molecule has 0 saturated carbocycles. The summed E-state index contributed by atoms with van der Waals surface area (Å²) in [6, 6.07) is 9.96. The van der Waals surface area contributed by atoms with E-state index < -0.39 is 0 Å². The van der Waals surface area contributed by atoms with Crippen LogP contribution in [0, 0.1) is 6.92 Å². The summed E-state index contributed by atoms with van der Waals surface area (Å²) < 4.78 is 5.20. The molecule has 6 heteroatoms. The first-order valence-corrected chi connectivity index (χ1v) is 7.41. The molecule has 22 heavy (non-hydrogen) atoms. The molecule has 0 aliphatic carbocycles. The van der Waals surface area contributed by atoms with Crippen molar-refractivity contribution in [3.8, 4) is 5.75 Å². The standard InChI is InChI=1S/C16H21N5O/c1-12-11-15(17)19-16(18-12)21-9-7-20(8-10-21)13-3-5-14(22-2)6-4-13/h3-6,11H,7-10H2,1-2H3,(H2,17,18,19). The van der Waals surface area contributed by atoms with Gasteiger partial charge in [0.25, 0.3) is 0 Å². The van der Waals surface area contributed by atoms with Crippen LogP contribution in [0.25, 0.3) is 0 Å². The summed E-state index contributed by atoms with van der Waals surface area (Å²) in [6.45, 7) is 5.58. The first kappa shape index (κ1) is 14.4. The van der Waals surface area contributed by atoms with Gasteiger partial charge in [-0.1, -0.05) is 0 Å². The van der Waals surface area contributed by atoms with E-state index in [4.69, 9.17) is 10.5 Å². The minimum atomic E-state index is 0.528. The number of nitrogens with two attached hydrogens (primary N) is 1. The van der Waals surface area contributed by atoms with Crippen molar-refractivity contribution in [2.45, 2.75) is 6.92 Å². The molecule has 1 aliphatic heterocycles. The van der Waals surface area contributed by atoms with Gasteiger partial charge in [0.15, 0.2) is 0 Å². The molecule has 0 amide bonds. The number of rotatable bonds is 3. The first-order chi connectivity index (χ1) is 10.7. The highest BCUT2D eigenvalue weighted by Gasteiger charge is 2.19. The Hall–Kier alpha value is -2.50. The lowest BCUT2D eigenvalue weighted by Gasteiger charge is -2.36. The highest BCUT2D eigenvalue weighted by Crippen LogP contribution is 2.22. The van der Waals surface area contributed by atoms with Gasteiger partial charge in [0, 0.05) is 43.6 Å². The van der Waals surface area contributed by atoms with Gasteiger partial charge in [0.2, 0.25) is 5.95 Å². The minimum absolute atomic E-state index is 0.528. The molecule has 0 bridgehead atoms. The summed E-state index contributed by atoms with van der Waals surface area (Å²) in [4.78, 5) is 13.4. The second kappa shape index (κ2) is 6.09. The molecule has 2 N–H and O–H groups in total. The molecule has 0 atom stereocenters. The number of nitrogens with zero attached hydrogens (tertiary/aromatic N) is 4. The van der Waals surface area contributed by atoms with Gasteiger partial charge in [-0.2, -0.15) is 4.98 Å². The number of piperazine rings is 1. The third-order valence-corrected chi connectivity index (χ3v) is 3.86. The van der Waals surface area contributed by atoms with Crippen molar-refractivity contribution in [1.29, 1.82) is 0 Å². The number of aromatic nitrogens is 2. The number of methoxy groups -OCH3 is 1. The third kappa shape index (κ3) is 3.05. The number of aryl methyl sites for hydroxylation is 1. The van der Waals surface area contributed by atoms with Crippen molar-refractivity contribution in [2.24, 2.45) is 0 Å². The normalized spacial score (nSPS) is 15.0. The average molecular weight is 299 g/mol. The zero-order valence-corrected chi connectivity index (χ0v) is 13.0. The Balaban J connectivity index is 1.66. The van der Waals surface area contributed by atoms with Crippen molar-refractivity contribution >= 4 is 17.5 Å². The van der Waals surface area contributed by atoms with Crippen LogP contribution in [0.2, 0.25) is 0 Å². The van der Waals surface area contributed by atoms with Crippen LogP contribution in [0.1, 0.15) is 5.69 Å². The molecule has 1 aromatic carbocycles. The van der Waals surface area contributed by atoms with Gasteiger partial charge in [-0.3, -0.25) is 0 Å². The summed E-state index contributed by atoms with van der Waals surface area (Å²) in [5, 5.41) is 0. The average Bonchev–Trinajstić information content (AvgIpc) is 2.54. The predicted octanol–water partition coefficient (Wildman–Crippen LogP) is 1.70. The van der Waals surface area contributed by atoms with Crippen molar-refractivity contribution in [3.63, 3.8) is 0 Å². The van der Waals surface area contributed by atoms with Gasteiger partial charge in [0.1, 0.15) is 11.6 Å². The molecule has 2 aromatic rings. The third-order valence-electron chi connectivity index (χ3n) is 3.86. The Bertz CT molecular complexity index is 615. The monoisotopic (exact) mass is 299 g/mol. The molecule has 1 saturated heterocycles. The van der Waals surface area contributed by atoms with E-state index in [1.165, 1.54) is 5.69 Å². The largest absolute Gasteiger partial charge is 0.497 e. The SMILES string of the molecule is COc1ccc(N2CCN(c3nc(C)cc(N)n3)CC2)cc1. The van der Waals surface area contributed by atoms with E-state index >= 15 is 0 Å². The molecule has 3 rings (SSSR count). The zero-order chi connectivity index (χ0) is 15.5. The van der Waals surface area contributed by atoms with E-state index in [9.17, 15) is 0 Å². The van der Waals surface area contributed by atoms with E-state index in [0.29, 0.717) is 5.82 Å². The van der Waals surface area contributed by atoms with Crippen LogP contribution in [-0.4, -0.2) is 43.3 Å². The highest BCUT2D eigenvalue weighted by atomic mass is 16.5. The van der Waals surface area contributed by atoms with E-state index in [1.54, 1.807) is 13.2 Å². The lowest BCUT2D eigenvalue weighted by Crippen LogP contribution is -2.47. The number of hydrogen-bond acceptors (Lipinski definition) is 6. The fraction of sp³-hybridized carbons (Fsp3) is 0.375. The van der Waals surface area contributed by atoms with Crippen LogP contribution in [0.4, 0.5) is 17.5 Å². The van der Waals surface area contributed by atoms with Gasteiger partial charge in [-0.05, 0) is 31.2 Å². The quantitative estimate of drug-likeness (QED) is 0.930. The Morgan fingerprint density at radius 3 is 2.23 bits per heavy atom. The Morgan fingerprint density at radius 2 is 1.64 bits per heavy atom. The van der Waals surface area contributed by atoms with Crippen LogP contribution in [0.5, 0.6) is 5.75 Å². The van der Waals surface area contributed by atoms with Crippen molar-refractivity contribution in [3.05, 3.63) is 36.0 Å². The fourth-order valence-corrected chi connectivity index (χ4v) is 2.68. The maximum atomic E-state index is 5.81. The summed E-state index contributed by atoms with van der Waals surface area (Å²) in [6.07, 6.45) is 0. The summed E-state index contributed by atoms with van der Waals surface area (Å²) in [7, 11) is 1.68. The molecular formula is C16H21N5O. The number of nitrogen functional groups attached to an aromatic ring is 1. The Morgan fingerprint density at radius 1 is 1.00 bits per heavy atom. The zero-order valence-electron chi connectivity index (χ0n) is 13.0. The van der Waals surface area contributed by atoms with Gasteiger partial charge in [-0.25, -0.2) is 4.98 Å². The molecule has 1 fully saturated rings. The van der Waals surface area contributed by atoms with Gasteiger partial charge >= 0.3 is 0 Å². The highest BCUT2D eigenvalue weighted by molar-refractivity contribution is 5.51. The Labute approximate surface area is 130 Å². The lowest BCUT2D eigenvalue weighted by atomic mass is 10.2. The van der Waals surface area contributed by atoms with E-state index in [0.717, 1.165) is 43.6 Å². The number of hydrogen-bond donors (Lipinski definition) is 1. The van der Waals surface area contributed by atoms with Gasteiger partial charge in [0.05, 0.1) is 7.11 Å². The summed E-state index contributed by atoms with van der Waals surface area (Å²) in [5.41, 5.74) is 7.93. The summed E-state index contributed by atoms with van der Waals surface area (Å²) in [5.74, 6) is 2.14. The molecule has 0 radical (unpaired) electrons. The maximum Gasteiger partial charge on any atom is 0.227 e. The smallest absolute Gasteiger partial charge is 0.227 e. The predicted molar refractivity (Wildman–Crippen MR) is 88.6 cm³/mol. The molecule has 0 unspecified atom stereocenters. The van der Waals surface area contributed by atoms with Gasteiger partial charge in [-0.15, -0.1) is 0 Å². The molecular weight excluding hydrogens is 278 g/mol. The number of anilines is 3. The maximum absolute atomic E-state index is 5.81. The van der Waals surface area contributed by atoms with Gasteiger partial charge < -0.3 is 20.3 Å². The number of benzene rings is 1. The van der Waals surface area contributed by atoms with E-state index in [-0.39, 0.29) is 0 Å². The number of ether oxygens (including phenoxy) is 1. The van der Waals surface area contributed by atoms with E-state index in [1.807, 2.05) is 19.1 Å². The van der Waals surface area contributed by atoms with Crippen LogP contribution in [0.3, 0.4) is 0 Å². The Kier molecular flexibility index (Phi) is 4.00. The van der Waals surface area contributed by atoms with E-state index in [2.05, 4.69) is 31.9 Å². The van der Waals surface area contributed by atoms with Crippen molar-refractivity contribution in [2.75, 3.05) is 48.8 Å². The first-order valence-electron chi connectivity index (χ1n) is 7.41. The second-order valence-corrected chi connectivity index (χ2v) is 5.41. The second-order valence-electron chi connectivity index (χ2n) is 5.41. The molecule has 1 aromatic heterocycles. The molecule has 6 nitrogen and oxygen atoms in total. The van der Waals surface area contributed by atoms with Crippen molar-refractivity contribution in [1.82, 2.24) is 9.97 Å². The van der Waals surface area contributed by atoms with Crippen LogP contribution >= 0.6 is 0 Å². The summed E-state index contributed by atoms with van der Waals surface area (Å²) >= 11 is 0. The van der Waals surface area contributed by atoms with Crippen molar-refractivity contribution < 1.29 is 4.74 Å². The topological polar surface area (TPSA) is 67.5 Å². The molecule has 0 spiro atoms. The minimum Gasteiger partial charge on any atom is -0.497 e. The molecule has 2 heterocycles. The van der Waals surface area contributed by atoms with Crippen LogP contribution in [0.15, 0.2) is 30.3 Å². The lowest BCUT2D eigenvalue weighted by molar-refractivity contribution is 0.415. The van der Waals surface area contributed by atoms with Crippen LogP contribution in [-0.2, 0) is 0 Å². The molecule has 1 aliphatic rings. The van der Waals surface area contributed by atoms with Crippen LogP contribution < -0.4 is 20.3 Å². The fourth-order valence-electron chi connectivity index (χ4n) is 2.68.